The molecule has 3 heterocycles. The van der Waals surface area contributed by atoms with E-state index in [1.165, 1.54) is 4.91 Å². The van der Waals surface area contributed by atoms with Crippen molar-refractivity contribution in [2.24, 2.45) is 0 Å². The zero-order valence-electron chi connectivity index (χ0n) is 37.6. The van der Waals surface area contributed by atoms with Crippen LogP contribution in [0.4, 0.5) is 9.59 Å². The zero-order chi connectivity index (χ0) is 43.5. The maximum Gasteiger partial charge on any atom is 1.00 e. The molecule has 0 saturated carbocycles. The molecule has 2 aliphatic heterocycles. The van der Waals surface area contributed by atoms with E-state index in [0.717, 1.165) is 72.2 Å². The van der Waals surface area contributed by atoms with Crippen LogP contribution in [0.1, 0.15) is 109 Å². The Morgan fingerprint density at radius 1 is 0.814 bits per heavy atom. The minimum atomic E-state index is -0.467. The van der Waals surface area contributed by atoms with Crippen molar-refractivity contribution in [2.75, 3.05) is 40.3 Å². The van der Waals surface area contributed by atoms with E-state index in [1.54, 1.807) is 4.90 Å². The number of ether oxygens (including phenoxy) is 2. The van der Waals surface area contributed by atoms with Crippen molar-refractivity contribution in [3.8, 4) is 17.5 Å². The Labute approximate surface area is 372 Å². The van der Waals surface area contributed by atoms with E-state index >= 15 is 0 Å². The second kappa shape index (κ2) is 21.9. The molecule has 0 radical (unpaired) electrons. The first-order chi connectivity index (χ1) is 27.0. The first-order valence-electron chi connectivity index (χ1n) is 19.7. The van der Waals surface area contributed by atoms with E-state index in [4.69, 9.17) is 20.5 Å². The molecular formula is C42H63N12NaO4. The Balaban J connectivity index is 0.000000377. The molecule has 2 aliphatic rings. The van der Waals surface area contributed by atoms with Gasteiger partial charge in [0.15, 0.2) is 0 Å². The molecule has 2 saturated heterocycles. The third-order valence-corrected chi connectivity index (χ3v) is 10.9. The largest absolute Gasteiger partial charge is 1.00 e. The Hall–Kier alpha value is -4.23. The Morgan fingerprint density at radius 3 is 1.61 bits per heavy atom. The number of aromatic amines is 1. The van der Waals surface area contributed by atoms with Crippen molar-refractivity contribution in [2.45, 2.75) is 130 Å². The molecule has 316 valence electrons. The molecule has 2 fully saturated rings. The minimum Gasteiger partial charge on any atom is -0.444 e. The number of H-pyrrole nitrogens is 1. The molecule has 2 amide bonds. The van der Waals surface area contributed by atoms with Crippen molar-refractivity contribution in [3.63, 3.8) is 0 Å². The first kappa shape index (κ1) is 50.9. The number of carbonyl (C=O) groups excluding carboxylic acids is 2. The maximum atomic E-state index is 12.4. The van der Waals surface area contributed by atoms with Gasteiger partial charge in [-0.25, -0.2) is 9.59 Å². The molecule has 1 N–H and O–H groups in total. The summed E-state index contributed by atoms with van der Waals surface area (Å²) in [4.78, 5) is 34.4. The molecule has 16 nitrogen and oxygen atoms in total. The van der Waals surface area contributed by atoms with Gasteiger partial charge < -0.3 is 30.3 Å². The number of amides is 2. The Kier molecular flexibility index (Phi) is 18.9. The molecule has 59 heavy (non-hydrogen) atoms. The fraction of sp³-hybridized carbons (Fsp3) is 0.619. The topological polar surface area (TPSA) is 203 Å². The van der Waals surface area contributed by atoms with Crippen LogP contribution in [0, 0.1) is 25.2 Å². The Bertz CT molecular complexity index is 1900. The number of tetrazole rings is 1. The molecule has 17 heteroatoms. The van der Waals surface area contributed by atoms with Gasteiger partial charge in [-0.3, -0.25) is 14.7 Å². The number of rotatable bonds is 7. The summed E-state index contributed by atoms with van der Waals surface area (Å²) in [5.74, 6) is 0.613. The van der Waals surface area contributed by atoms with Crippen molar-refractivity contribution >= 4 is 12.2 Å². The molecule has 0 unspecified atom stereocenters. The molecule has 0 atom stereocenters. The van der Waals surface area contributed by atoms with Crippen LogP contribution in [-0.4, -0.2) is 115 Å². The number of piperidine rings is 2. The van der Waals surface area contributed by atoms with E-state index in [9.17, 15) is 14.9 Å². The van der Waals surface area contributed by atoms with Gasteiger partial charge in [-0.15, -0.1) is 10.2 Å². The first-order valence-corrected chi connectivity index (χ1v) is 19.7. The number of aromatic nitrogens is 4. The van der Waals surface area contributed by atoms with Crippen molar-refractivity contribution in [1.82, 2.24) is 40.2 Å². The fourth-order valence-electron chi connectivity index (χ4n) is 6.90. The van der Waals surface area contributed by atoms with Gasteiger partial charge in [-0.2, -0.15) is 10.5 Å². The second-order valence-corrected chi connectivity index (χ2v) is 17.9. The normalized spacial score (nSPS) is 15.9. The third kappa shape index (κ3) is 15.4. The van der Waals surface area contributed by atoms with E-state index in [1.807, 2.05) is 65.5 Å². The number of benzene rings is 2. The van der Waals surface area contributed by atoms with Crippen LogP contribution in [0.15, 0.2) is 36.4 Å². The summed E-state index contributed by atoms with van der Waals surface area (Å²) >= 11 is 0. The van der Waals surface area contributed by atoms with Crippen LogP contribution in [0.2, 0.25) is 0 Å². The summed E-state index contributed by atoms with van der Waals surface area (Å²) in [6.45, 7) is 24.2. The van der Waals surface area contributed by atoms with Gasteiger partial charge in [-0.1, -0.05) is 29.8 Å². The average Bonchev–Trinajstić information content (AvgIpc) is 3.68. The number of nitriles is 1. The van der Waals surface area contributed by atoms with E-state index < -0.39 is 11.2 Å². The molecule has 1 aromatic heterocycles. The van der Waals surface area contributed by atoms with Gasteiger partial charge in [0.1, 0.15) is 11.2 Å². The van der Waals surface area contributed by atoms with Gasteiger partial charge >= 0.3 is 41.7 Å². The van der Waals surface area contributed by atoms with Crippen LogP contribution in [0.5, 0.6) is 0 Å². The van der Waals surface area contributed by atoms with Gasteiger partial charge in [0.25, 0.3) is 0 Å². The molecule has 0 bridgehead atoms. The number of aryl methyl sites for hydroxylation is 2. The molecule has 3 aromatic rings. The number of carbonyl (C=O) groups is 2. The van der Waals surface area contributed by atoms with Crippen molar-refractivity contribution in [3.05, 3.63) is 80.2 Å². The van der Waals surface area contributed by atoms with Gasteiger partial charge in [0, 0.05) is 55.9 Å². The summed E-state index contributed by atoms with van der Waals surface area (Å²) in [6, 6.07) is 14.7. The average molecular weight is 823 g/mol. The SMILES string of the molecule is Cc1ccc(CN(C)C2(C)CCN(C(=O)OC(C)(C)C)CC2)c(-c2nn[nH]n2)c1.Cc1ccc(CN(C)C2(C)CCN(C(=O)OC(C)(C)C)CC2)c(C#N)c1.[N-]=[N+]=[N-].[Na+]. The van der Waals surface area contributed by atoms with Gasteiger partial charge in [0.05, 0.1) is 11.6 Å². The number of nitrogens with zero attached hydrogens (tertiary/aromatic N) is 11. The summed E-state index contributed by atoms with van der Waals surface area (Å²) in [5, 5.41) is 24.0. The smallest absolute Gasteiger partial charge is 0.444 e. The Morgan fingerprint density at radius 2 is 1.22 bits per heavy atom. The standard InChI is InChI=1S/C21H32N6O2.C21H31N3O2.N3.Na/c1-15-7-8-16(17(13-15)18-22-24-25-23-18)14-26(6)21(5)9-11-27(12-10-21)19(28)29-20(2,3)4;1-16-7-8-17(18(13-16)14-22)15-23(6)21(5)9-11-24(12-10-21)19(25)26-20(2,3)4;1-3-2;/h7-8,13H,9-12,14H2,1-6H3,(H,22,23,24,25);7-8,13H,9-12,15H2,1-6H3;;/q;;-1;+1. The molecule has 0 spiro atoms. The number of likely N-dealkylation sites (tertiary alicyclic amines) is 2. The number of hydrogen-bond donors (Lipinski definition) is 1. The second-order valence-electron chi connectivity index (χ2n) is 17.9. The maximum absolute atomic E-state index is 12.4. The van der Waals surface area contributed by atoms with E-state index in [2.05, 4.69) is 95.6 Å². The summed E-state index contributed by atoms with van der Waals surface area (Å²) in [5.41, 5.74) is 18.8. The monoisotopic (exact) mass is 822 g/mol. The summed E-state index contributed by atoms with van der Waals surface area (Å²) in [7, 11) is 4.24. The van der Waals surface area contributed by atoms with Crippen LogP contribution >= 0.6 is 0 Å². The van der Waals surface area contributed by atoms with Crippen LogP contribution in [0.3, 0.4) is 0 Å². The summed E-state index contributed by atoms with van der Waals surface area (Å²) < 4.78 is 11.0. The summed E-state index contributed by atoms with van der Waals surface area (Å²) in [6.07, 6.45) is 3.11. The number of hydrogen-bond acceptors (Lipinski definition) is 10. The van der Waals surface area contributed by atoms with E-state index in [0.29, 0.717) is 32.0 Å². The molecular weight excluding hydrogens is 760 g/mol. The fourth-order valence-corrected chi connectivity index (χ4v) is 6.90. The zero-order valence-corrected chi connectivity index (χ0v) is 39.6. The van der Waals surface area contributed by atoms with Crippen LogP contribution < -0.4 is 29.6 Å². The molecule has 2 aromatic carbocycles. The van der Waals surface area contributed by atoms with E-state index in [-0.39, 0.29) is 52.8 Å². The third-order valence-electron chi connectivity index (χ3n) is 10.9. The van der Waals surface area contributed by atoms with Crippen LogP contribution in [-0.2, 0) is 22.6 Å². The predicted octanol–water partition coefficient (Wildman–Crippen LogP) is 5.35. The molecule has 5 rings (SSSR count). The van der Waals surface area contributed by atoms with Crippen LogP contribution in [0.25, 0.3) is 27.4 Å². The quantitative estimate of drug-likeness (QED) is 0.140. The van der Waals surface area contributed by atoms with Crippen molar-refractivity contribution in [1.29, 1.82) is 5.26 Å². The van der Waals surface area contributed by atoms with Gasteiger partial charge in [-0.05, 0) is 143 Å². The van der Waals surface area contributed by atoms with Crippen molar-refractivity contribution < 1.29 is 48.6 Å². The number of nitrogens with one attached hydrogen (secondary N) is 1. The molecule has 0 aliphatic carbocycles. The van der Waals surface area contributed by atoms with Gasteiger partial charge in [0.2, 0.25) is 5.82 Å². The minimum absolute atomic E-state index is 0. The predicted molar refractivity (Wildman–Crippen MR) is 224 cm³/mol.